The van der Waals surface area contributed by atoms with Gasteiger partial charge in [-0.05, 0) is 29.8 Å². The van der Waals surface area contributed by atoms with Gasteiger partial charge in [-0.3, -0.25) is 0 Å². The fourth-order valence-electron chi connectivity index (χ4n) is 2.32. The smallest absolute Gasteiger partial charge is 0.0775 e. The maximum absolute atomic E-state index is 5.72. The van der Waals surface area contributed by atoms with Gasteiger partial charge in [0.2, 0.25) is 0 Å². The first-order valence-corrected chi connectivity index (χ1v) is 7.15. The monoisotopic (exact) mass is 255 g/mol. The SMILES string of the molecule is CCNC(Cc1cccs1)C(OC)C(C)(C)C. The first kappa shape index (κ1) is 14.7. The maximum Gasteiger partial charge on any atom is 0.0775 e. The van der Waals surface area contributed by atoms with Gasteiger partial charge >= 0.3 is 0 Å². The van der Waals surface area contributed by atoms with Crippen LogP contribution in [0, 0.1) is 5.41 Å². The molecule has 1 heterocycles. The average Bonchev–Trinajstić information content (AvgIpc) is 2.69. The van der Waals surface area contributed by atoms with Crippen LogP contribution in [0.3, 0.4) is 0 Å². The maximum atomic E-state index is 5.72. The van der Waals surface area contributed by atoms with Crippen LogP contribution in [0.1, 0.15) is 32.6 Å². The minimum absolute atomic E-state index is 0.152. The molecular formula is C14H25NOS. The zero-order valence-corrected chi connectivity index (χ0v) is 12.4. The van der Waals surface area contributed by atoms with Crippen LogP contribution in [0.4, 0.5) is 0 Å². The van der Waals surface area contributed by atoms with Crippen LogP contribution >= 0.6 is 11.3 Å². The van der Waals surface area contributed by atoms with Gasteiger partial charge < -0.3 is 10.1 Å². The summed E-state index contributed by atoms with van der Waals surface area (Å²) < 4.78 is 5.72. The number of ether oxygens (including phenoxy) is 1. The molecule has 0 spiro atoms. The molecule has 0 aromatic carbocycles. The van der Waals surface area contributed by atoms with E-state index in [0.29, 0.717) is 6.04 Å². The minimum atomic E-state index is 0.152. The molecule has 1 aromatic heterocycles. The van der Waals surface area contributed by atoms with E-state index >= 15 is 0 Å². The van der Waals surface area contributed by atoms with Gasteiger partial charge in [-0.2, -0.15) is 0 Å². The lowest BCUT2D eigenvalue weighted by Gasteiger charge is -2.36. The summed E-state index contributed by atoms with van der Waals surface area (Å²) in [4.78, 5) is 1.42. The van der Waals surface area contributed by atoms with Crippen LogP contribution in [-0.4, -0.2) is 25.8 Å². The van der Waals surface area contributed by atoms with Crippen molar-refractivity contribution in [2.75, 3.05) is 13.7 Å². The number of hydrogen-bond donors (Lipinski definition) is 1. The van der Waals surface area contributed by atoms with Crippen molar-refractivity contribution in [1.82, 2.24) is 5.32 Å². The molecule has 2 unspecified atom stereocenters. The van der Waals surface area contributed by atoms with Gasteiger partial charge in [0.05, 0.1) is 6.10 Å². The Labute approximate surface area is 109 Å². The summed E-state index contributed by atoms with van der Waals surface area (Å²) >= 11 is 1.82. The third kappa shape index (κ3) is 4.41. The van der Waals surface area contributed by atoms with E-state index in [1.165, 1.54) is 4.88 Å². The number of nitrogens with one attached hydrogen (secondary N) is 1. The molecule has 17 heavy (non-hydrogen) atoms. The van der Waals surface area contributed by atoms with Crippen LogP contribution in [0.2, 0.25) is 0 Å². The molecule has 1 aromatic rings. The van der Waals surface area contributed by atoms with E-state index in [4.69, 9.17) is 4.74 Å². The van der Waals surface area contributed by atoms with Crippen molar-refractivity contribution in [3.63, 3.8) is 0 Å². The number of thiophene rings is 1. The van der Waals surface area contributed by atoms with Gasteiger partial charge in [0.1, 0.15) is 0 Å². The highest BCUT2D eigenvalue weighted by Gasteiger charge is 2.32. The van der Waals surface area contributed by atoms with Crippen molar-refractivity contribution in [2.24, 2.45) is 5.41 Å². The van der Waals surface area contributed by atoms with Crippen molar-refractivity contribution in [3.05, 3.63) is 22.4 Å². The molecule has 0 aliphatic carbocycles. The lowest BCUT2D eigenvalue weighted by molar-refractivity contribution is -0.0104. The predicted molar refractivity (Wildman–Crippen MR) is 75.7 cm³/mol. The van der Waals surface area contributed by atoms with Crippen molar-refractivity contribution in [2.45, 2.75) is 46.3 Å². The number of rotatable bonds is 6. The Morgan fingerprint density at radius 2 is 2.12 bits per heavy atom. The zero-order valence-electron chi connectivity index (χ0n) is 11.6. The quantitative estimate of drug-likeness (QED) is 0.842. The second-order valence-corrected chi connectivity index (χ2v) is 6.50. The Bertz CT molecular complexity index is 303. The summed E-state index contributed by atoms with van der Waals surface area (Å²) in [5, 5.41) is 5.70. The summed E-state index contributed by atoms with van der Waals surface area (Å²) in [5.41, 5.74) is 0.152. The summed E-state index contributed by atoms with van der Waals surface area (Å²) in [6.07, 6.45) is 1.27. The first-order chi connectivity index (χ1) is 7.99. The van der Waals surface area contributed by atoms with E-state index in [-0.39, 0.29) is 11.5 Å². The lowest BCUT2D eigenvalue weighted by atomic mass is 9.83. The standard InChI is InChI=1S/C14H25NOS/c1-6-15-12(10-11-8-7-9-17-11)13(16-5)14(2,3)4/h7-9,12-13,15H,6,10H2,1-5H3. The second-order valence-electron chi connectivity index (χ2n) is 5.47. The Hall–Kier alpha value is -0.380. The number of hydrogen-bond acceptors (Lipinski definition) is 3. The van der Waals surface area contributed by atoms with E-state index < -0.39 is 0 Å². The van der Waals surface area contributed by atoms with E-state index in [0.717, 1.165) is 13.0 Å². The molecule has 0 fully saturated rings. The molecule has 3 heteroatoms. The fraction of sp³-hybridized carbons (Fsp3) is 0.714. The fourth-order valence-corrected chi connectivity index (χ4v) is 3.08. The van der Waals surface area contributed by atoms with Crippen LogP contribution in [0.25, 0.3) is 0 Å². The summed E-state index contributed by atoms with van der Waals surface area (Å²) in [5.74, 6) is 0. The molecule has 2 atom stereocenters. The van der Waals surface area contributed by atoms with Gasteiger partial charge in [0.25, 0.3) is 0 Å². The van der Waals surface area contributed by atoms with E-state index in [9.17, 15) is 0 Å². The van der Waals surface area contributed by atoms with Crippen LogP contribution in [0.15, 0.2) is 17.5 Å². The topological polar surface area (TPSA) is 21.3 Å². The highest BCUT2D eigenvalue weighted by Crippen LogP contribution is 2.27. The molecule has 0 saturated carbocycles. The largest absolute Gasteiger partial charge is 0.379 e. The summed E-state index contributed by atoms with van der Waals surface area (Å²) in [6, 6.07) is 4.69. The molecule has 0 aliphatic heterocycles. The van der Waals surface area contributed by atoms with Gasteiger partial charge in [0.15, 0.2) is 0 Å². The van der Waals surface area contributed by atoms with E-state index in [1.807, 2.05) is 18.4 Å². The molecule has 0 saturated heterocycles. The van der Waals surface area contributed by atoms with E-state index in [1.54, 1.807) is 0 Å². The molecule has 1 rings (SSSR count). The van der Waals surface area contributed by atoms with Gasteiger partial charge in [0, 0.05) is 18.0 Å². The zero-order chi connectivity index (χ0) is 12.9. The Balaban J connectivity index is 2.76. The summed E-state index contributed by atoms with van der Waals surface area (Å²) in [7, 11) is 1.81. The predicted octanol–water partition coefficient (Wildman–Crippen LogP) is 3.33. The molecule has 0 aliphatic rings. The molecule has 2 nitrogen and oxygen atoms in total. The lowest BCUT2D eigenvalue weighted by Crippen LogP contribution is -2.48. The normalized spacial score (nSPS) is 15.8. The van der Waals surface area contributed by atoms with Gasteiger partial charge in [-0.1, -0.05) is 33.8 Å². The molecule has 0 radical (unpaired) electrons. The highest BCUT2D eigenvalue weighted by molar-refractivity contribution is 7.09. The van der Waals surface area contributed by atoms with Gasteiger partial charge in [-0.25, -0.2) is 0 Å². The van der Waals surface area contributed by atoms with Crippen LogP contribution < -0.4 is 5.32 Å². The Morgan fingerprint density at radius 1 is 1.41 bits per heavy atom. The van der Waals surface area contributed by atoms with Crippen LogP contribution in [0.5, 0.6) is 0 Å². The Morgan fingerprint density at radius 3 is 2.53 bits per heavy atom. The first-order valence-electron chi connectivity index (χ1n) is 6.27. The van der Waals surface area contributed by atoms with Crippen molar-refractivity contribution >= 4 is 11.3 Å². The average molecular weight is 255 g/mol. The van der Waals surface area contributed by atoms with Gasteiger partial charge in [-0.15, -0.1) is 11.3 Å². The Kier molecular flexibility index (Phi) is 5.63. The molecule has 0 bridgehead atoms. The van der Waals surface area contributed by atoms with Crippen molar-refractivity contribution < 1.29 is 4.74 Å². The van der Waals surface area contributed by atoms with Crippen LogP contribution in [-0.2, 0) is 11.2 Å². The number of methoxy groups -OCH3 is 1. The minimum Gasteiger partial charge on any atom is -0.379 e. The molecular weight excluding hydrogens is 230 g/mol. The van der Waals surface area contributed by atoms with E-state index in [2.05, 4.69) is 50.5 Å². The van der Waals surface area contributed by atoms with Crippen molar-refractivity contribution in [1.29, 1.82) is 0 Å². The molecule has 0 amide bonds. The second kappa shape index (κ2) is 6.53. The summed E-state index contributed by atoms with van der Waals surface area (Å²) in [6.45, 7) is 9.84. The molecule has 1 N–H and O–H groups in total. The molecule has 98 valence electrons. The third-order valence-corrected chi connectivity index (χ3v) is 3.84. The highest BCUT2D eigenvalue weighted by atomic mass is 32.1. The number of likely N-dealkylation sites (N-methyl/N-ethyl adjacent to an activating group) is 1. The van der Waals surface area contributed by atoms with Crippen molar-refractivity contribution in [3.8, 4) is 0 Å². The third-order valence-electron chi connectivity index (χ3n) is 2.94.